The fraction of sp³-hybridized carbons (Fsp3) is 0.542. The second-order valence-corrected chi connectivity index (χ2v) is 9.53. The molecule has 4 rings (SSSR count). The van der Waals surface area contributed by atoms with E-state index in [-0.39, 0.29) is 5.69 Å². The summed E-state index contributed by atoms with van der Waals surface area (Å²) < 4.78 is 13.3. The molecule has 2 saturated heterocycles. The van der Waals surface area contributed by atoms with Gasteiger partial charge in [-0.3, -0.25) is 4.79 Å². The number of anilines is 3. The van der Waals surface area contributed by atoms with Crippen molar-refractivity contribution in [3.8, 4) is 0 Å². The zero-order valence-electron chi connectivity index (χ0n) is 19.8. The van der Waals surface area contributed by atoms with Crippen LogP contribution in [0.3, 0.4) is 0 Å². The molecule has 3 heterocycles. The third kappa shape index (κ3) is 5.94. The number of amides is 1. The van der Waals surface area contributed by atoms with Crippen LogP contribution in [0.1, 0.15) is 44.1 Å². The van der Waals surface area contributed by atoms with Crippen LogP contribution in [0.2, 0.25) is 0 Å². The second-order valence-electron chi connectivity index (χ2n) is 9.53. The van der Waals surface area contributed by atoms with Gasteiger partial charge < -0.3 is 20.4 Å². The van der Waals surface area contributed by atoms with Crippen LogP contribution in [0.4, 0.5) is 21.5 Å². The summed E-state index contributed by atoms with van der Waals surface area (Å²) in [7, 11) is 3.75. The highest BCUT2D eigenvalue weighted by molar-refractivity contribution is 6.04. The molecule has 7 nitrogen and oxygen atoms in total. The van der Waals surface area contributed by atoms with E-state index >= 15 is 0 Å². The molecule has 2 N–H and O–H groups in total. The van der Waals surface area contributed by atoms with Crippen LogP contribution in [0, 0.1) is 17.4 Å². The highest BCUT2D eigenvalue weighted by Crippen LogP contribution is 2.38. The Bertz CT molecular complexity index is 918. The highest BCUT2D eigenvalue weighted by atomic mass is 19.1. The molecular weight excluding hydrogens is 407 g/mol. The molecular formula is C24H35FN6O. The summed E-state index contributed by atoms with van der Waals surface area (Å²) in [5.74, 6) is 0.275. The van der Waals surface area contributed by atoms with Crippen LogP contribution in [0.5, 0.6) is 0 Å². The molecule has 2 aromatic rings. The molecule has 0 spiro atoms. The maximum absolute atomic E-state index is 13.3. The number of hydrogen-bond acceptors (Lipinski definition) is 6. The number of aromatic nitrogens is 2. The Morgan fingerprint density at radius 2 is 1.78 bits per heavy atom. The number of carbonyl (C=O) groups is 1. The van der Waals surface area contributed by atoms with E-state index < -0.39 is 12.0 Å². The van der Waals surface area contributed by atoms with Gasteiger partial charge in [-0.05, 0) is 62.5 Å². The van der Waals surface area contributed by atoms with Crippen LogP contribution in [0.15, 0.2) is 30.5 Å². The minimum Gasteiger partial charge on any atom is -0.371 e. The van der Waals surface area contributed by atoms with E-state index in [0.29, 0.717) is 11.3 Å². The SMILES string of the molecule is CC1CN(c2ccc(NC(=O)c3ccnc(F)n3)c(N3CCC(C)(C)CC3)c2)C1.CNC. The lowest BCUT2D eigenvalue weighted by Crippen LogP contribution is -2.45. The Kier molecular flexibility index (Phi) is 7.66. The van der Waals surface area contributed by atoms with Gasteiger partial charge in [-0.15, -0.1) is 0 Å². The summed E-state index contributed by atoms with van der Waals surface area (Å²) in [6.07, 6.45) is 2.54. The molecule has 174 valence electrons. The van der Waals surface area contributed by atoms with Crippen molar-refractivity contribution < 1.29 is 9.18 Å². The fourth-order valence-electron chi connectivity index (χ4n) is 3.99. The van der Waals surface area contributed by atoms with Crippen molar-refractivity contribution in [2.45, 2.75) is 33.6 Å². The molecule has 0 radical (unpaired) electrons. The Morgan fingerprint density at radius 1 is 1.12 bits per heavy atom. The molecule has 0 unspecified atom stereocenters. The Balaban J connectivity index is 0.000000913. The summed E-state index contributed by atoms with van der Waals surface area (Å²) >= 11 is 0. The van der Waals surface area contributed by atoms with Gasteiger partial charge in [-0.1, -0.05) is 20.8 Å². The zero-order chi connectivity index (χ0) is 23.3. The average Bonchev–Trinajstić information content (AvgIpc) is 2.73. The second kappa shape index (κ2) is 10.3. The van der Waals surface area contributed by atoms with Crippen LogP contribution >= 0.6 is 0 Å². The van der Waals surface area contributed by atoms with Gasteiger partial charge in [0.15, 0.2) is 0 Å². The average molecular weight is 443 g/mol. The molecule has 0 saturated carbocycles. The first-order chi connectivity index (χ1) is 15.2. The van der Waals surface area contributed by atoms with Crippen LogP contribution < -0.4 is 20.4 Å². The predicted molar refractivity (Wildman–Crippen MR) is 128 cm³/mol. The van der Waals surface area contributed by atoms with Crippen molar-refractivity contribution in [1.29, 1.82) is 0 Å². The van der Waals surface area contributed by atoms with Crippen molar-refractivity contribution in [2.75, 3.05) is 55.4 Å². The van der Waals surface area contributed by atoms with E-state index in [1.165, 1.54) is 18.0 Å². The van der Waals surface area contributed by atoms with E-state index in [9.17, 15) is 9.18 Å². The minimum absolute atomic E-state index is 0.0175. The number of carbonyl (C=O) groups excluding carboxylic acids is 1. The lowest BCUT2D eigenvalue weighted by Gasteiger charge is -2.41. The van der Waals surface area contributed by atoms with E-state index in [1.54, 1.807) is 0 Å². The zero-order valence-corrected chi connectivity index (χ0v) is 19.8. The maximum Gasteiger partial charge on any atom is 0.309 e. The van der Waals surface area contributed by atoms with Crippen LogP contribution in [-0.4, -0.2) is 56.1 Å². The third-order valence-corrected chi connectivity index (χ3v) is 5.98. The lowest BCUT2D eigenvalue weighted by molar-refractivity contribution is 0.102. The summed E-state index contributed by atoms with van der Waals surface area (Å²) in [5, 5.41) is 5.68. The van der Waals surface area contributed by atoms with Gasteiger partial charge in [0.1, 0.15) is 5.69 Å². The van der Waals surface area contributed by atoms with Gasteiger partial charge in [-0.2, -0.15) is 9.37 Å². The summed E-state index contributed by atoms with van der Waals surface area (Å²) in [5.41, 5.74) is 3.27. The van der Waals surface area contributed by atoms with Crippen molar-refractivity contribution >= 4 is 23.0 Å². The van der Waals surface area contributed by atoms with Crippen LogP contribution in [0.25, 0.3) is 0 Å². The minimum atomic E-state index is -0.904. The Labute approximate surface area is 190 Å². The first kappa shape index (κ1) is 23.9. The van der Waals surface area contributed by atoms with Gasteiger partial charge >= 0.3 is 6.08 Å². The number of nitrogens with zero attached hydrogens (tertiary/aromatic N) is 4. The van der Waals surface area contributed by atoms with Gasteiger partial charge in [0.25, 0.3) is 5.91 Å². The van der Waals surface area contributed by atoms with E-state index in [2.05, 4.69) is 57.2 Å². The number of hydrogen-bond donors (Lipinski definition) is 2. The van der Waals surface area contributed by atoms with Gasteiger partial charge in [0, 0.05) is 38.1 Å². The summed E-state index contributed by atoms with van der Waals surface area (Å²) in [4.78, 5) is 24.3. The molecule has 1 amide bonds. The molecule has 1 aromatic carbocycles. The molecule has 2 fully saturated rings. The van der Waals surface area contributed by atoms with Crippen molar-refractivity contribution in [3.05, 3.63) is 42.2 Å². The molecule has 0 aliphatic carbocycles. The fourth-order valence-corrected chi connectivity index (χ4v) is 3.99. The number of benzene rings is 1. The van der Waals surface area contributed by atoms with Gasteiger partial charge in [0.05, 0.1) is 11.4 Å². The Morgan fingerprint density at radius 3 is 2.38 bits per heavy atom. The largest absolute Gasteiger partial charge is 0.371 e. The summed E-state index contributed by atoms with van der Waals surface area (Å²) in [6.45, 7) is 10.8. The molecule has 2 aliphatic heterocycles. The first-order valence-electron chi connectivity index (χ1n) is 11.2. The highest BCUT2D eigenvalue weighted by Gasteiger charge is 2.28. The lowest BCUT2D eigenvalue weighted by atomic mass is 9.82. The first-order valence-corrected chi connectivity index (χ1v) is 11.2. The van der Waals surface area contributed by atoms with Gasteiger partial charge in [-0.25, -0.2) is 4.98 Å². The van der Waals surface area contributed by atoms with Crippen molar-refractivity contribution in [1.82, 2.24) is 15.3 Å². The molecule has 32 heavy (non-hydrogen) atoms. The smallest absolute Gasteiger partial charge is 0.309 e. The molecule has 2 aliphatic rings. The standard InChI is InChI=1S/C22H28FN5O.C2H7N/c1-15-13-28(14-15)16-4-5-17(25-20(29)18-6-9-24-21(23)26-18)19(12-16)27-10-7-22(2,3)8-11-27;1-3-2/h4-6,9,12,15H,7-8,10-11,13-14H2,1-3H3,(H,25,29);3H,1-2H3. The molecule has 0 bridgehead atoms. The quantitative estimate of drug-likeness (QED) is 0.702. The van der Waals surface area contributed by atoms with E-state index in [1.807, 2.05) is 26.2 Å². The normalized spacial score (nSPS) is 17.8. The number of halogens is 1. The van der Waals surface area contributed by atoms with Gasteiger partial charge in [0.2, 0.25) is 0 Å². The topological polar surface area (TPSA) is 73.4 Å². The number of rotatable bonds is 4. The molecule has 8 heteroatoms. The monoisotopic (exact) mass is 442 g/mol. The summed E-state index contributed by atoms with van der Waals surface area (Å²) in [6, 6.07) is 7.57. The number of nitrogens with one attached hydrogen (secondary N) is 2. The van der Waals surface area contributed by atoms with E-state index in [4.69, 9.17) is 0 Å². The maximum atomic E-state index is 13.3. The third-order valence-electron chi connectivity index (χ3n) is 5.98. The van der Waals surface area contributed by atoms with Crippen LogP contribution in [-0.2, 0) is 0 Å². The molecule has 0 atom stereocenters. The molecule has 1 aromatic heterocycles. The van der Waals surface area contributed by atoms with Crippen molar-refractivity contribution in [2.24, 2.45) is 11.3 Å². The van der Waals surface area contributed by atoms with Crippen molar-refractivity contribution in [3.63, 3.8) is 0 Å². The number of piperidine rings is 1. The predicted octanol–water partition coefficient (Wildman–Crippen LogP) is 3.79. The Hall–Kier alpha value is -2.74. The van der Waals surface area contributed by atoms with E-state index in [0.717, 1.165) is 50.4 Å².